The van der Waals surface area contributed by atoms with Crippen molar-refractivity contribution in [1.29, 1.82) is 5.26 Å². The van der Waals surface area contributed by atoms with Crippen LogP contribution in [-0.2, 0) is 16.2 Å². The molecule has 0 saturated carbocycles. The van der Waals surface area contributed by atoms with Crippen molar-refractivity contribution in [2.24, 2.45) is 0 Å². The van der Waals surface area contributed by atoms with Crippen LogP contribution in [0.5, 0.6) is 0 Å². The largest absolute Gasteiger partial charge is 0.378 e. The number of alkyl halides is 2. The summed E-state index contributed by atoms with van der Waals surface area (Å²) < 4.78 is 35.1. The zero-order chi connectivity index (χ0) is 28.8. The predicted molar refractivity (Wildman–Crippen MR) is 142 cm³/mol. The molecule has 2 saturated heterocycles. The number of H-pyrrole nitrogens is 1. The lowest BCUT2D eigenvalue weighted by molar-refractivity contribution is -0.0964. The number of piperidine rings is 1. The van der Waals surface area contributed by atoms with Gasteiger partial charge in [-0.25, -0.2) is 19.9 Å². The second kappa shape index (κ2) is 10.2. The van der Waals surface area contributed by atoms with E-state index >= 15 is 0 Å². The Morgan fingerprint density at radius 2 is 2.12 bits per heavy atom. The Bertz CT molecular complexity index is 1620. The molecule has 2 fully saturated rings. The van der Waals surface area contributed by atoms with E-state index in [1.54, 1.807) is 18.2 Å². The van der Waals surface area contributed by atoms with E-state index in [1.807, 2.05) is 23.1 Å². The van der Waals surface area contributed by atoms with Crippen molar-refractivity contribution in [3.05, 3.63) is 54.8 Å². The molecule has 2 aliphatic rings. The van der Waals surface area contributed by atoms with Crippen LogP contribution >= 0.6 is 0 Å². The summed E-state index contributed by atoms with van der Waals surface area (Å²) in [6.45, 7) is 2.58. The molecule has 0 spiro atoms. The Kier molecular flexibility index (Phi) is 6.71. The van der Waals surface area contributed by atoms with Gasteiger partial charge in [0.1, 0.15) is 23.2 Å². The fourth-order valence-electron chi connectivity index (χ4n) is 5.83. The summed E-state index contributed by atoms with van der Waals surface area (Å²) in [6.07, 6.45) is 8.76. The first kappa shape index (κ1) is 26.9. The van der Waals surface area contributed by atoms with Crippen LogP contribution in [0.25, 0.3) is 22.3 Å². The summed E-state index contributed by atoms with van der Waals surface area (Å²) in [6, 6.07) is 5.59. The van der Waals surface area contributed by atoms with Crippen molar-refractivity contribution < 1.29 is 18.3 Å². The van der Waals surface area contributed by atoms with Gasteiger partial charge in [0.05, 0.1) is 30.5 Å². The number of nitriles is 1. The first-order chi connectivity index (χ1) is 19.7. The molecular weight excluding hydrogens is 534 g/mol. The minimum atomic E-state index is -3.25. The molecule has 12 nitrogen and oxygen atoms in total. The lowest BCUT2D eigenvalue weighted by atomic mass is 9.83. The zero-order valence-corrected chi connectivity index (χ0v) is 22.5. The van der Waals surface area contributed by atoms with E-state index in [9.17, 15) is 18.8 Å². The van der Waals surface area contributed by atoms with Gasteiger partial charge in [0.2, 0.25) is 0 Å². The Morgan fingerprint density at radius 1 is 1.29 bits per heavy atom. The van der Waals surface area contributed by atoms with Gasteiger partial charge in [0.25, 0.3) is 5.91 Å². The number of amides is 1. The second-order valence-electron chi connectivity index (χ2n) is 10.6. The molecule has 0 radical (unpaired) electrons. The van der Waals surface area contributed by atoms with Crippen molar-refractivity contribution in [2.75, 3.05) is 33.3 Å². The normalized spacial score (nSPS) is 21.0. The Labute approximate surface area is 234 Å². The summed E-state index contributed by atoms with van der Waals surface area (Å²) in [5, 5.41) is 15.2. The number of ether oxygens (including phenoxy) is 1. The highest BCUT2D eigenvalue weighted by Gasteiger charge is 2.50. The molecule has 4 aromatic heterocycles. The first-order valence-electron chi connectivity index (χ1n) is 13.2. The summed E-state index contributed by atoms with van der Waals surface area (Å²) in [5.74, 6) is -4.37. The SMILES string of the molecule is CO[C@@H]1CN(C(=O)c2ccnc(C(C)(F)F)n2)CC[C@@H]1N1CC(CC#N)(n2cc(-c3ncnc4[nH]ccc34)cn2)C1. The highest BCUT2D eigenvalue weighted by Crippen LogP contribution is 2.38. The summed E-state index contributed by atoms with van der Waals surface area (Å²) >= 11 is 0. The molecule has 0 aromatic carbocycles. The van der Waals surface area contributed by atoms with E-state index in [-0.39, 0.29) is 30.8 Å². The molecule has 1 amide bonds. The van der Waals surface area contributed by atoms with Gasteiger partial charge in [-0.2, -0.15) is 19.1 Å². The number of nitrogens with zero attached hydrogens (tertiary/aromatic N) is 9. The fourth-order valence-corrected chi connectivity index (χ4v) is 5.83. The molecule has 4 aromatic rings. The van der Waals surface area contributed by atoms with Crippen LogP contribution in [0.4, 0.5) is 8.78 Å². The number of aromatic nitrogens is 7. The standard InChI is InChI=1S/C27H28F2N10O2/c1-26(28,29)25-32-9-4-19(36-25)24(40)37-10-5-20(21(13-37)41-2)38-14-27(15-38,6-7-30)39-12-17(11-35-39)22-18-3-8-31-23(18)34-16-33-22/h3-4,8-9,11-12,16,20-21H,5-6,10,13-15H2,1-2H3,(H,31,33,34)/t20-,21+/m0/s1. The molecule has 14 heteroatoms. The first-order valence-corrected chi connectivity index (χ1v) is 13.2. The van der Waals surface area contributed by atoms with Gasteiger partial charge < -0.3 is 14.6 Å². The third-order valence-electron chi connectivity index (χ3n) is 7.95. The number of halogens is 2. The van der Waals surface area contributed by atoms with E-state index in [0.717, 1.165) is 22.3 Å². The molecule has 212 valence electrons. The van der Waals surface area contributed by atoms with Crippen LogP contribution in [-0.4, -0.2) is 95.8 Å². The molecule has 0 unspecified atom stereocenters. The number of likely N-dealkylation sites (tertiary alicyclic amines) is 2. The maximum atomic E-state index is 13.7. The maximum Gasteiger partial charge on any atom is 0.303 e. The van der Waals surface area contributed by atoms with Crippen LogP contribution in [0.1, 0.15) is 36.1 Å². The van der Waals surface area contributed by atoms with Crippen LogP contribution in [0.3, 0.4) is 0 Å². The molecular formula is C27H28F2N10O2. The Morgan fingerprint density at radius 3 is 2.88 bits per heavy atom. The van der Waals surface area contributed by atoms with Crippen LogP contribution in [0.2, 0.25) is 0 Å². The minimum absolute atomic E-state index is 0.00758. The van der Waals surface area contributed by atoms with Crippen molar-refractivity contribution in [1.82, 2.24) is 44.5 Å². The number of carbonyl (C=O) groups excluding carboxylic acids is 1. The fraction of sp³-hybridized carbons (Fsp3) is 0.444. The second-order valence-corrected chi connectivity index (χ2v) is 10.6. The number of hydrogen-bond donors (Lipinski definition) is 1. The van der Waals surface area contributed by atoms with Gasteiger partial charge in [-0.05, 0) is 18.6 Å². The number of rotatable bonds is 7. The Balaban J connectivity index is 1.16. The third kappa shape index (κ3) is 4.81. The quantitative estimate of drug-likeness (QED) is 0.360. The number of methoxy groups -OCH3 is 1. The highest BCUT2D eigenvalue weighted by molar-refractivity contribution is 5.92. The Hall–Kier alpha value is -4.35. The molecule has 1 N–H and O–H groups in total. The highest BCUT2D eigenvalue weighted by atomic mass is 19.3. The van der Waals surface area contributed by atoms with E-state index in [1.165, 1.54) is 18.6 Å². The van der Waals surface area contributed by atoms with Gasteiger partial charge in [0, 0.05) is 75.8 Å². The minimum Gasteiger partial charge on any atom is -0.378 e. The lowest BCUT2D eigenvalue weighted by Gasteiger charge is -2.55. The monoisotopic (exact) mass is 562 g/mol. The van der Waals surface area contributed by atoms with Gasteiger partial charge in [-0.3, -0.25) is 14.4 Å². The number of aromatic amines is 1. The third-order valence-corrected chi connectivity index (χ3v) is 7.95. The average Bonchev–Trinajstić information content (AvgIpc) is 3.64. The van der Waals surface area contributed by atoms with Crippen molar-refractivity contribution in [3.63, 3.8) is 0 Å². The molecule has 41 heavy (non-hydrogen) atoms. The van der Waals surface area contributed by atoms with Gasteiger partial charge in [0.15, 0.2) is 5.82 Å². The molecule has 0 bridgehead atoms. The summed E-state index contributed by atoms with van der Waals surface area (Å²) in [4.78, 5) is 36.2. The lowest BCUT2D eigenvalue weighted by Crippen LogP contribution is -2.69. The number of hydrogen-bond acceptors (Lipinski definition) is 9. The van der Waals surface area contributed by atoms with Crippen molar-refractivity contribution >= 4 is 16.9 Å². The maximum absolute atomic E-state index is 13.7. The molecule has 6 heterocycles. The summed E-state index contributed by atoms with van der Waals surface area (Å²) in [7, 11) is 1.59. The smallest absolute Gasteiger partial charge is 0.303 e. The summed E-state index contributed by atoms with van der Waals surface area (Å²) in [5.41, 5.74) is 1.76. The van der Waals surface area contributed by atoms with Crippen molar-refractivity contribution in [2.45, 2.75) is 43.4 Å². The molecule has 6 rings (SSSR count). The van der Waals surface area contributed by atoms with Crippen LogP contribution in [0.15, 0.2) is 43.2 Å². The molecule has 2 atom stereocenters. The van der Waals surface area contributed by atoms with E-state index in [2.05, 4.69) is 41.0 Å². The molecule has 2 aliphatic heterocycles. The van der Waals surface area contributed by atoms with Gasteiger partial charge in [-0.15, -0.1) is 0 Å². The molecule has 0 aliphatic carbocycles. The average molecular weight is 563 g/mol. The number of carbonyl (C=O) groups is 1. The topological polar surface area (TPSA) is 142 Å². The van der Waals surface area contributed by atoms with E-state index in [4.69, 9.17) is 4.74 Å². The van der Waals surface area contributed by atoms with Crippen LogP contribution < -0.4 is 0 Å². The van der Waals surface area contributed by atoms with E-state index in [0.29, 0.717) is 33.0 Å². The van der Waals surface area contributed by atoms with Gasteiger partial charge >= 0.3 is 5.92 Å². The van der Waals surface area contributed by atoms with Crippen molar-refractivity contribution in [3.8, 4) is 17.3 Å². The van der Waals surface area contributed by atoms with Gasteiger partial charge in [-0.1, -0.05) is 0 Å². The number of nitrogens with one attached hydrogen (secondary N) is 1. The predicted octanol–water partition coefficient (Wildman–Crippen LogP) is 2.58. The van der Waals surface area contributed by atoms with Crippen LogP contribution in [0, 0.1) is 11.3 Å². The van der Waals surface area contributed by atoms with E-state index < -0.39 is 23.2 Å². The zero-order valence-electron chi connectivity index (χ0n) is 22.5. The number of fused-ring (bicyclic) bond motifs is 1.